The highest BCUT2D eigenvalue weighted by Crippen LogP contribution is 2.31. The van der Waals surface area contributed by atoms with Crippen molar-refractivity contribution in [2.24, 2.45) is 0 Å². The van der Waals surface area contributed by atoms with E-state index in [1.807, 2.05) is 49.4 Å². The summed E-state index contributed by atoms with van der Waals surface area (Å²) in [6.07, 6.45) is 1.18. The van der Waals surface area contributed by atoms with Gasteiger partial charge in [0.2, 0.25) is 10.0 Å². The van der Waals surface area contributed by atoms with Crippen LogP contribution in [-0.2, 0) is 33.0 Å². The fourth-order valence-corrected chi connectivity index (χ4v) is 7.63. The summed E-state index contributed by atoms with van der Waals surface area (Å²) in [7, 11) is -7.25. The molecule has 0 amide bonds. The van der Waals surface area contributed by atoms with Crippen molar-refractivity contribution in [3.63, 3.8) is 0 Å². The van der Waals surface area contributed by atoms with E-state index in [0.717, 1.165) is 22.3 Å². The number of nitrogens with zero attached hydrogens (tertiary/aromatic N) is 1. The third-order valence-electron chi connectivity index (χ3n) is 6.47. The van der Waals surface area contributed by atoms with Gasteiger partial charge in [-0.2, -0.15) is 4.31 Å². The Morgan fingerprint density at radius 3 is 1.95 bits per heavy atom. The number of halogens is 2. The van der Waals surface area contributed by atoms with Crippen LogP contribution in [-0.4, -0.2) is 27.4 Å². The van der Waals surface area contributed by atoms with E-state index in [-0.39, 0.29) is 22.9 Å². The van der Waals surface area contributed by atoms with Gasteiger partial charge in [0, 0.05) is 29.4 Å². The van der Waals surface area contributed by atoms with Gasteiger partial charge in [0.05, 0.1) is 9.79 Å². The third-order valence-corrected chi connectivity index (χ3v) is 10.3. The molecular weight excluding hydrogens is 573 g/mol. The molecular formula is C30H29Cl2NO4S2. The largest absolute Gasteiger partial charge is 0.244 e. The van der Waals surface area contributed by atoms with E-state index in [1.165, 1.54) is 10.6 Å². The first-order valence-electron chi connectivity index (χ1n) is 12.2. The van der Waals surface area contributed by atoms with Gasteiger partial charge in [-0.15, -0.1) is 0 Å². The van der Waals surface area contributed by atoms with E-state index in [2.05, 4.69) is 0 Å². The predicted molar refractivity (Wildman–Crippen MR) is 159 cm³/mol. The molecule has 0 spiro atoms. The van der Waals surface area contributed by atoms with Gasteiger partial charge in [-0.1, -0.05) is 83.4 Å². The lowest BCUT2D eigenvalue weighted by Gasteiger charge is -2.25. The Balaban J connectivity index is 1.72. The molecule has 5 nitrogen and oxygen atoms in total. The maximum absolute atomic E-state index is 14.1. The van der Waals surface area contributed by atoms with Crippen LogP contribution >= 0.6 is 23.2 Å². The van der Waals surface area contributed by atoms with Crippen LogP contribution in [0.2, 0.25) is 10.0 Å². The quantitative estimate of drug-likeness (QED) is 0.211. The van der Waals surface area contributed by atoms with Crippen molar-refractivity contribution in [3.8, 4) is 11.1 Å². The average molecular weight is 603 g/mol. The zero-order valence-corrected chi connectivity index (χ0v) is 25.2. The highest BCUT2D eigenvalue weighted by atomic mass is 35.5. The molecule has 0 radical (unpaired) electrons. The van der Waals surface area contributed by atoms with Crippen LogP contribution in [0.5, 0.6) is 0 Å². The Labute approximate surface area is 241 Å². The number of sulfone groups is 1. The van der Waals surface area contributed by atoms with E-state index in [9.17, 15) is 16.8 Å². The molecule has 4 aromatic carbocycles. The molecule has 0 saturated carbocycles. The van der Waals surface area contributed by atoms with Gasteiger partial charge in [0.15, 0.2) is 9.84 Å². The van der Waals surface area contributed by atoms with Gasteiger partial charge in [0.1, 0.15) is 0 Å². The molecule has 9 heteroatoms. The van der Waals surface area contributed by atoms with Crippen LogP contribution in [0.25, 0.3) is 11.1 Å². The molecule has 204 valence electrons. The van der Waals surface area contributed by atoms with Crippen molar-refractivity contribution in [1.82, 2.24) is 4.31 Å². The van der Waals surface area contributed by atoms with Gasteiger partial charge < -0.3 is 0 Å². The number of hydrogen-bond acceptors (Lipinski definition) is 4. The monoisotopic (exact) mass is 601 g/mol. The number of aryl methyl sites for hydroxylation is 3. The van der Waals surface area contributed by atoms with Crippen molar-refractivity contribution >= 4 is 43.1 Å². The first-order valence-corrected chi connectivity index (χ1v) is 16.3. The molecule has 39 heavy (non-hydrogen) atoms. The fraction of sp³-hybridized carbons (Fsp3) is 0.200. The van der Waals surface area contributed by atoms with Crippen molar-refractivity contribution in [2.45, 2.75) is 43.7 Å². The Hall–Kier alpha value is -2.68. The molecule has 0 bridgehead atoms. The van der Waals surface area contributed by atoms with Crippen LogP contribution in [0, 0.1) is 20.8 Å². The standard InChI is InChI=1S/C30H29Cl2NO4S2/c1-20-14-21(2)30(22(3)15-20)39(36,37)33(19-26-12-13-27(31)17-29(26)32)18-23-8-10-24(11-9-23)25-6-5-7-28(16-25)38(4,34)35/h5-17H,18-19H2,1-4H3. The normalized spacial score (nSPS) is 12.2. The lowest BCUT2D eigenvalue weighted by molar-refractivity contribution is 0.400. The summed E-state index contributed by atoms with van der Waals surface area (Å²) in [6.45, 7) is 5.72. The maximum Gasteiger partial charge on any atom is 0.244 e. The SMILES string of the molecule is Cc1cc(C)c(S(=O)(=O)N(Cc2ccc(-c3cccc(S(C)(=O)=O)c3)cc2)Cc2ccc(Cl)cc2Cl)c(C)c1. The van der Waals surface area contributed by atoms with Crippen molar-refractivity contribution < 1.29 is 16.8 Å². The molecule has 0 aliphatic carbocycles. The summed E-state index contributed by atoms with van der Waals surface area (Å²) in [6, 6.07) is 22.9. The van der Waals surface area contributed by atoms with E-state index in [4.69, 9.17) is 23.2 Å². The second-order valence-electron chi connectivity index (χ2n) is 9.73. The molecule has 4 rings (SSSR count). The predicted octanol–water partition coefficient (Wildman–Crippen LogP) is 7.38. The molecule has 0 atom stereocenters. The Morgan fingerprint density at radius 1 is 0.718 bits per heavy atom. The molecule has 0 heterocycles. The zero-order chi connectivity index (χ0) is 28.5. The van der Waals surface area contributed by atoms with Crippen LogP contribution < -0.4 is 0 Å². The number of sulfonamides is 1. The van der Waals surface area contributed by atoms with Crippen molar-refractivity contribution in [1.29, 1.82) is 0 Å². The molecule has 0 fully saturated rings. The highest BCUT2D eigenvalue weighted by molar-refractivity contribution is 7.90. The van der Waals surface area contributed by atoms with Gasteiger partial charge >= 0.3 is 0 Å². The van der Waals surface area contributed by atoms with E-state index in [0.29, 0.717) is 26.7 Å². The molecule has 4 aromatic rings. The van der Waals surface area contributed by atoms with Gasteiger partial charge in [-0.3, -0.25) is 0 Å². The summed E-state index contributed by atoms with van der Waals surface area (Å²) in [4.78, 5) is 0.525. The smallest absolute Gasteiger partial charge is 0.224 e. The first kappa shape index (κ1) is 29.3. The summed E-state index contributed by atoms with van der Waals surface area (Å²) >= 11 is 12.5. The average Bonchev–Trinajstić information content (AvgIpc) is 2.84. The minimum atomic E-state index is -3.91. The number of benzene rings is 4. The first-order chi connectivity index (χ1) is 18.3. The Bertz CT molecular complexity index is 1730. The maximum atomic E-state index is 14.1. The molecule has 0 aliphatic rings. The molecule has 0 unspecified atom stereocenters. The fourth-order valence-electron chi connectivity index (χ4n) is 4.68. The zero-order valence-electron chi connectivity index (χ0n) is 22.1. The summed E-state index contributed by atoms with van der Waals surface area (Å²) in [5.74, 6) is 0. The second-order valence-corrected chi connectivity index (χ2v) is 14.5. The minimum Gasteiger partial charge on any atom is -0.224 e. The van der Waals surface area contributed by atoms with Crippen LogP contribution in [0.15, 0.2) is 88.7 Å². The third kappa shape index (κ3) is 6.73. The van der Waals surface area contributed by atoms with E-state index < -0.39 is 19.9 Å². The Morgan fingerprint density at radius 2 is 1.36 bits per heavy atom. The lowest BCUT2D eigenvalue weighted by atomic mass is 10.0. The second kappa shape index (κ2) is 11.4. The van der Waals surface area contributed by atoms with Gasteiger partial charge in [0.25, 0.3) is 0 Å². The number of rotatable bonds is 8. The van der Waals surface area contributed by atoms with Crippen LogP contribution in [0.4, 0.5) is 0 Å². The summed E-state index contributed by atoms with van der Waals surface area (Å²) in [5.41, 5.74) is 5.35. The Kier molecular flexibility index (Phi) is 8.59. The lowest BCUT2D eigenvalue weighted by Crippen LogP contribution is -2.31. The summed E-state index contributed by atoms with van der Waals surface area (Å²) < 4.78 is 53.6. The molecule has 0 saturated heterocycles. The topological polar surface area (TPSA) is 71.5 Å². The highest BCUT2D eigenvalue weighted by Gasteiger charge is 2.29. The van der Waals surface area contributed by atoms with Crippen molar-refractivity contribution in [2.75, 3.05) is 6.26 Å². The van der Waals surface area contributed by atoms with Gasteiger partial charge in [-0.05, 0) is 78.4 Å². The van der Waals surface area contributed by atoms with Crippen LogP contribution in [0.1, 0.15) is 27.8 Å². The number of hydrogen-bond donors (Lipinski definition) is 0. The molecule has 0 aliphatic heterocycles. The van der Waals surface area contributed by atoms with E-state index in [1.54, 1.807) is 50.2 Å². The minimum absolute atomic E-state index is 0.0588. The molecule has 0 aromatic heterocycles. The van der Waals surface area contributed by atoms with Gasteiger partial charge in [-0.25, -0.2) is 16.8 Å². The molecule has 0 N–H and O–H groups in total. The van der Waals surface area contributed by atoms with Crippen molar-refractivity contribution in [3.05, 3.63) is 117 Å². The summed E-state index contributed by atoms with van der Waals surface area (Å²) in [5, 5.41) is 0.861. The van der Waals surface area contributed by atoms with E-state index >= 15 is 0 Å². The van der Waals surface area contributed by atoms with Crippen LogP contribution in [0.3, 0.4) is 0 Å².